The van der Waals surface area contributed by atoms with E-state index in [1.165, 1.54) is 16.8 Å². The second-order valence-electron chi connectivity index (χ2n) is 11.7. The summed E-state index contributed by atoms with van der Waals surface area (Å²) in [6.45, 7) is 10.0. The van der Waals surface area contributed by atoms with Crippen LogP contribution in [0.3, 0.4) is 0 Å². The van der Waals surface area contributed by atoms with Crippen LogP contribution in [0.15, 0.2) is 72.3 Å². The van der Waals surface area contributed by atoms with E-state index in [2.05, 4.69) is 94.4 Å². The third kappa shape index (κ3) is 3.68. The first-order valence-electron chi connectivity index (χ1n) is 12.8. The lowest BCUT2D eigenvalue weighted by molar-refractivity contribution is -0.125. The highest BCUT2D eigenvalue weighted by Crippen LogP contribution is 2.70. The Morgan fingerprint density at radius 1 is 0.970 bits per heavy atom. The molecule has 0 bridgehead atoms. The molecule has 0 spiro atoms. The van der Waals surface area contributed by atoms with Crippen molar-refractivity contribution in [3.8, 4) is 0 Å². The van der Waals surface area contributed by atoms with Crippen LogP contribution in [0.5, 0.6) is 0 Å². The molecule has 5 rings (SSSR count). The molecule has 2 aromatic rings. The lowest BCUT2D eigenvalue weighted by atomic mass is 9.81. The second kappa shape index (κ2) is 8.36. The predicted octanol–water partition coefficient (Wildman–Crippen LogP) is 5.90. The SMILES string of the molecule is CC(C)(C)[Si](OCCC[C@H]1CC2=CCC[C@]3(C)[C@H]2[C@@H]3C1=O)(c1ccccc1)c1ccccc1. The minimum absolute atomic E-state index is 0.00588. The van der Waals surface area contributed by atoms with Crippen LogP contribution in [-0.4, -0.2) is 20.7 Å². The zero-order valence-electron chi connectivity index (χ0n) is 20.6. The van der Waals surface area contributed by atoms with E-state index < -0.39 is 8.32 Å². The van der Waals surface area contributed by atoms with Gasteiger partial charge in [0.05, 0.1) is 0 Å². The standard InChI is InChI=1S/C30H38O2Si/c1-29(2,3)33(24-15-7-5-8-16-24,25-17-9-6-10-18-25)32-20-12-14-23-21-22-13-11-19-30(4)26(22)27(30)28(23)31/h5-10,13,15-18,23,26-27H,11-12,14,19-21H2,1-4H3/t23-,26+,27+,30+/m0/s1. The molecule has 2 fully saturated rings. The summed E-state index contributed by atoms with van der Waals surface area (Å²) in [6.07, 6.45) is 7.70. The molecule has 2 aromatic carbocycles. The van der Waals surface area contributed by atoms with Crippen LogP contribution in [0.2, 0.25) is 5.04 Å². The number of fused-ring (bicyclic) bond motifs is 1. The molecule has 174 valence electrons. The van der Waals surface area contributed by atoms with E-state index in [0.717, 1.165) is 25.7 Å². The zero-order valence-corrected chi connectivity index (χ0v) is 21.6. The number of carbonyl (C=O) groups is 1. The van der Waals surface area contributed by atoms with Crippen molar-refractivity contribution in [3.63, 3.8) is 0 Å². The molecule has 0 aromatic heterocycles. The summed E-state index contributed by atoms with van der Waals surface area (Å²) >= 11 is 0. The number of carbonyl (C=O) groups excluding carboxylic acids is 1. The molecule has 0 heterocycles. The van der Waals surface area contributed by atoms with Gasteiger partial charge in [0.1, 0.15) is 5.78 Å². The molecule has 4 atom stereocenters. The summed E-state index contributed by atoms with van der Waals surface area (Å²) < 4.78 is 7.05. The topological polar surface area (TPSA) is 26.3 Å². The first kappa shape index (κ1) is 22.8. The Hall–Kier alpha value is -1.97. The van der Waals surface area contributed by atoms with Gasteiger partial charge >= 0.3 is 0 Å². The monoisotopic (exact) mass is 458 g/mol. The maximum Gasteiger partial charge on any atom is 0.261 e. The quantitative estimate of drug-likeness (QED) is 0.293. The lowest BCUT2D eigenvalue weighted by Crippen LogP contribution is -2.66. The average molecular weight is 459 g/mol. The molecule has 2 nitrogen and oxygen atoms in total. The van der Waals surface area contributed by atoms with Gasteiger partial charge in [-0.25, -0.2) is 0 Å². The number of rotatable bonds is 7. The Balaban J connectivity index is 1.33. The van der Waals surface area contributed by atoms with Crippen molar-refractivity contribution in [2.45, 2.75) is 64.8 Å². The maximum absolute atomic E-state index is 13.2. The van der Waals surface area contributed by atoms with Crippen LogP contribution in [0.1, 0.15) is 59.8 Å². The molecule has 0 aliphatic heterocycles. The van der Waals surface area contributed by atoms with Crippen LogP contribution < -0.4 is 10.4 Å². The van der Waals surface area contributed by atoms with Crippen molar-refractivity contribution >= 4 is 24.5 Å². The fourth-order valence-electron chi connectivity index (χ4n) is 7.11. The number of allylic oxidation sites excluding steroid dienone is 2. The lowest BCUT2D eigenvalue weighted by Gasteiger charge is -2.43. The first-order valence-corrected chi connectivity index (χ1v) is 14.7. The summed E-state index contributed by atoms with van der Waals surface area (Å²) in [5.74, 6) is 1.62. The van der Waals surface area contributed by atoms with Crippen LogP contribution in [0.25, 0.3) is 0 Å². The van der Waals surface area contributed by atoms with Gasteiger partial charge < -0.3 is 4.43 Å². The summed E-state index contributed by atoms with van der Waals surface area (Å²) in [5.41, 5.74) is 1.87. The number of benzene rings is 2. The molecule has 0 N–H and O–H groups in total. The molecule has 0 radical (unpaired) electrons. The van der Waals surface area contributed by atoms with Crippen molar-refractivity contribution in [2.24, 2.45) is 23.2 Å². The predicted molar refractivity (Wildman–Crippen MR) is 138 cm³/mol. The molecule has 0 saturated heterocycles. The summed E-state index contributed by atoms with van der Waals surface area (Å²) in [5, 5.41) is 2.64. The summed E-state index contributed by atoms with van der Waals surface area (Å²) in [7, 11) is -2.49. The minimum atomic E-state index is -2.49. The van der Waals surface area contributed by atoms with Gasteiger partial charge in [-0.15, -0.1) is 0 Å². The molecule has 3 heteroatoms. The number of hydrogen-bond donors (Lipinski definition) is 0. The molecular weight excluding hydrogens is 420 g/mol. The van der Waals surface area contributed by atoms with Gasteiger partial charge in [-0.2, -0.15) is 0 Å². The molecule has 33 heavy (non-hydrogen) atoms. The minimum Gasteiger partial charge on any atom is -0.407 e. The van der Waals surface area contributed by atoms with E-state index in [1.807, 2.05) is 0 Å². The number of Topliss-reactive ketones (excluding diaryl/α,β-unsaturated/α-hetero) is 1. The Morgan fingerprint density at radius 3 is 2.15 bits per heavy atom. The van der Waals surface area contributed by atoms with E-state index in [-0.39, 0.29) is 16.4 Å². The van der Waals surface area contributed by atoms with Gasteiger partial charge in [0.15, 0.2) is 0 Å². The first-order chi connectivity index (χ1) is 15.8. The van der Waals surface area contributed by atoms with Crippen LogP contribution in [0.4, 0.5) is 0 Å². The Morgan fingerprint density at radius 2 is 1.58 bits per heavy atom. The van der Waals surface area contributed by atoms with Crippen molar-refractivity contribution < 1.29 is 9.22 Å². The van der Waals surface area contributed by atoms with Gasteiger partial charge in [0.2, 0.25) is 0 Å². The fourth-order valence-corrected chi connectivity index (χ4v) is 11.7. The van der Waals surface area contributed by atoms with Gasteiger partial charge in [-0.1, -0.05) is 100 Å². The van der Waals surface area contributed by atoms with E-state index >= 15 is 0 Å². The third-order valence-corrected chi connectivity index (χ3v) is 13.8. The third-order valence-electron chi connectivity index (χ3n) is 8.76. The smallest absolute Gasteiger partial charge is 0.261 e. The highest BCUT2D eigenvalue weighted by molar-refractivity contribution is 6.99. The van der Waals surface area contributed by atoms with E-state index in [1.54, 1.807) is 5.57 Å². The molecule has 3 aliphatic carbocycles. The summed E-state index contributed by atoms with van der Waals surface area (Å²) in [4.78, 5) is 13.2. The van der Waals surface area contributed by atoms with Gasteiger partial charge in [0.25, 0.3) is 8.32 Å². The van der Waals surface area contributed by atoms with Gasteiger partial charge in [0, 0.05) is 18.4 Å². The molecule has 0 amide bonds. The van der Waals surface area contributed by atoms with Crippen LogP contribution in [0, 0.1) is 23.2 Å². The largest absolute Gasteiger partial charge is 0.407 e. The highest BCUT2D eigenvalue weighted by atomic mass is 28.4. The van der Waals surface area contributed by atoms with Gasteiger partial charge in [-0.05, 0) is 58.8 Å². The van der Waals surface area contributed by atoms with Crippen molar-refractivity contribution in [3.05, 3.63) is 72.3 Å². The summed E-state index contributed by atoms with van der Waals surface area (Å²) in [6, 6.07) is 21.7. The second-order valence-corrected chi connectivity index (χ2v) is 16.0. The number of hydrogen-bond acceptors (Lipinski definition) is 2. The van der Waals surface area contributed by atoms with Gasteiger partial charge in [-0.3, -0.25) is 4.79 Å². The Kier molecular flexibility index (Phi) is 5.77. The van der Waals surface area contributed by atoms with Crippen LogP contribution >= 0.6 is 0 Å². The number of ketones is 1. The normalized spacial score (nSPS) is 28.8. The van der Waals surface area contributed by atoms with E-state index in [0.29, 0.717) is 24.2 Å². The van der Waals surface area contributed by atoms with Crippen molar-refractivity contribution in [1.82, 2.24) is 0 Å². The molecular formula is C30H38O2Si. The van der Waals surface area contributed by atoms with Crippen molar-refractivity contribution in [1.29, 1.82) is 0 Å². The molecule has 2 saturated carbocycles. The van der Waals surface area contributed by atoms with E-state index in [9.17, 15) is 4.79 Å². The van der Waals surface area contributed by atoms with Crippen molar-refractivity contribution in [2.75, 3.05) is 6.61 Å². The van der Waals surface area contributed by atoms with E-state index in [4.69, 9.17) is 4.43 Å². The maximum atomic E-state index is 13.2. The highest BCUT2D eigenvalue weighted by Gasteiger charge is 2.68. The van der Waals surface area contributed by atoms with Crippen LogP contribution in [-0.2, 0) is 9.22 Å². The average Bonchev–Trinajstić information content (AvgIpc) is 3.44. The Labute approximate surface area is 200 Å². The zero-order chi connectivity index (χ0) is 23.3. The Bertz CT molecular complexity index is 996. The molecule has 3 aliphatic rings. The fraction of sp³-hybridized carbons (Fsp3) is 0.500. The molecule has 0 unspecified atom stereocenters.